The van der Waals surface area contributed by atoms with Gasteiger partial charge in [-0.25, -0.2) is 8.42 Å². The zero-order chi connectivity index (χ0) is 21.0. The van der Waals surface area contributed by atoms with Crippen molar-refractivity contribution in [2.45, 2.75) is 82.4 Å². The molecular formula is C24H33NaO4S. The van der Waals surface area contributed by atoms with E-state index in [1.54, 1.807) is 36.4 Å². The second kappa shape index (κ2) is 15.0. The average Bonchev–Trinajstić information content (AvgIpc) is 2.69. The largest absolute Gasteiger partial charge is 1.00 e. The van der Waals surface area contributed by atoms with Gasteiger partial charge in [-0.1, -0.05) is 89.0 Å². The molecule has 0 fully saturated rings. The molecule has 0 saturated heterocycles. The average molecular weight is 441 g/mol. The Morgan fingerprint density at radius 3 is 1.93 bits per heavy atom. The predicted octanol–water partition coefficient (Wildman–Crippen LogP) is 3.85. The summed E-state index contributed by atoms with van der Waals surface area (Å²) >= 11 is 0. The molecule has 0 aliphatic heterocycles. The van der Waals surface area contributed by atoms with Crippen LogP contribution in [0.2, 0.25) is 0 Å². The van der Waals surface area contributed by atoms with Crippen LogP contribution in [0.25, 0.3) is 0 Å². The van der Waals surface area contributed by atoms with Crippen LogP contribution in [0, 0.1) is 0 Å². The molecule has 0 bridgehead atoms. The molecule has 0 radical (unpaired) electrons. The van der Waals surface area contributed by atoms with Crippen LogP contribution in [-0.2, 0) is 16.5 Å². The van der Waals surface area contributed by atoms with Crippen molar-refractivity contribution in [1.29, 1.82) is 0 Å². The molecule has 160 valence electrons. The van der Waals surface area contributed by atoms with Crippen molar-refractivity contribution in [2.24, 2.45) is 0 Å². The molecule has 2 aromatic carbocycles. The van der Waals surface area contributed by atoms with Gasteiger partial charge in [0.15, 0.2) is 0 Å². The van der Waals surface area contributed by atoms with Gasteiger partial charge < -0.3 is 9.29 Å². The van der Waals surface area contributed by atoms with Crippen LogP contribution < -0.4 is 34.3 Å². The number of hydrogen-bond acceptors (Lipinski definition) is 4. The third-order valence-electron chi connectivity index (χ3n) is 5.07. The summed E-state index contributed by atoms with van der Waals surface area (Å²) in [6, 6.07) is 13.7. The van der Waals surface area contributed by atoms with E-state index < -0.39 is 10.1 Å². The van der Waals surface area contributed by atoms with Crippen LogP contribution in [0.4, 0.5) is 0 Å². The summed E-state index contributed by atoms with van der Waals surface area (Å²) in [4.78, 5) is -0.312. The quantitative estimate of drug-likeness (QED) is 0.254. The number of benzene rings is 2. The van der Waals surface area contributed by atoms with Gasteiger partial charge in [0.1, 0.15) is 21.6 Å². The van der Waals surface area contributed by atoms with Gasteiger partial charge in [0.05, 0.1) is 4.90 Å². The van der Waals surface area contributed by atoms with Crippen LogP contribution in [0.15, 0.2) is 53.4 Å². The molecule has 0 amide bonds. The number of rotatable bonds is 14. The van der Waals surface area contributed by atoms with E-state index in [4.69, 9.17) is 4.74 Å². The van der Waals surface area contributed by atoms with E-state index in [2.05, 4.69) is 6.92 Å². The molecule has 0 saturated carbocycles. The maximum atomic E-state index is 11.6. The number of ether oxygens (including phenoxy) is 1. The molecule has 30 heavy (non-hydrogen) atoms. The smallest absolute Gasteiger partial charge is 0.744 e. The Bertz CT molecular complexity index is 822. The maximum Gasteiger partial charge on any atom is 1.00 e. The topological polar surface area (TPSA) is 66.4 Å². The van der Waals surface area contributed by atoms with E-state index in [9.17, 15) is 13.0 Å². The molecular weight excluding hydrogens is 407 g/mol. The minimum absolute atomic E-state index is 0. The van der Waals surface area contributed by atoms with Gasteiger partial charge in [-0.2, -0.15) is 0 Å². The second-order valence-electron chi connectivity index (χ2n) is 7.58. The van der Waals surface area contributed by atoms with E-state index in [-0.39, 0.29) is 40.2 Å². The van der Waals surface area contributed by atoms with Gasteiger partial charge in [-0.05, 0) is 42.7 Å². The summed E-state index contributed by atoms with van der Waals surface area (Å²) in [6.07, 6.45) is 13.6. The van der Waals surface area contributed by atoms with Crippen LogP contribution in [0.1, 0.15) is 76.7 Å². The summed E-state index contributed by atoms with van der Waals surface area (Å²) in [7, 11) is -4.59. The Morgan fingerprint density at radius 1 is 0.800 bits per heavy atom. The molecule has 0 atom stereocenters. The van der Waals surface area contributed by atoms with Crippen LogP contribution in [0.3, 0.4) is 0 Å². The third-order valence-corrected chi connectivity index (χ3v) is 5.94. The normalized spacial score (nSPS) is 11.1. The van der Waals surface area contributed by atoms with E-state index in [0.29, 0.717) is 5.75 Å². The molecule has 0 spiro atoms. The summed E-state index contributed by atoms with van der Waals surface area (Å²) in [6.45, 7) is 2.24. The van der Waals surface area contributed by atoms with Crippen LogP contribution in [-0.4, -0.2) is 13.0 Å². The SMILES string of the molecule is CCCCCCCCCCCCc1ccc(S(=O)(=O)[O-])c(Oc2ccccc2)c1.[Na+]. The van der Waals surface area contributed by atoms with Gasteiger partial charge in [0.25, 0.3) is 0 Å². The van der Waals surface area contributed by atoms with Crippen molar-refractivity contribution in [1.82, 2.24) is 0 Å². The fraction of sp³-hybridized carbons (Fsp3) is 0.500. The monoisotopic (exact) mass is 440 g/mol. The molecule has 0 unspecified atom stereocenters. The van der Waals surface area contributed by atoms with E-state index in [1.807, 2.05) is 6.07 Å². The van der Waals surface area contributed by atoms with E-state index in [1.165, 1.54) is 57.4 Å². The van der Waals surface area contributed by atoms with Crippen LogP contribution in [0.5, 0.6) is 11.5 Å². The molecule has 0 aromatic heterocycles. The Kier molecular flexibility index (Phi) is 13.6. The van der Waals surface area contributed by atoms with Crippen molar-refractivity contribution in [3.8, 4) is 11.5 Å². The third kappa shape index (κ3) is 10.5. The summed E-state index contributed by atoms with van der Waals surface area (Å²) < 4.78 is 40.4. The van der Waals surface area contributed by atoms with Crippen molar-refractivity contribution in [3.05, 3.63) is 54.1 Å². The first-order valence-corrected chi connectivity index (χ1v) is 12.2. The molecule has 0 aliphatic rings. The Morgan fingerprint density at radius 2 is 1.37 bits per heavy atom. The zero-order valence-electron chi connectivity index (χ0n) is 18.4. The first kappa shape index (κ1) is 27.2. The minimum atomic E-state index is -4.59. The molecule has 2 rings (SSSR count). The van der Waals surface area contributed by atoms with Crippen molar-refractivity contribution in [3.63, 3.8) is 0 Å². The fourth-order valence-electron chi connectivity index (χ4n) is 3.43. The molecule has 6 heteroatoms. The van der Waals surface area contributed by atoms with E-state index in [0.717, 1.165) is 24.8 Å². The molecule has 2 aromatic rings. The fourth-order valence-corrected chi connectivity index (χ4v) is 4.01. The van der Waals surface area contributed by atoms with E-state index >= 15 is 0 Å². The maximum absolute atomic E-state index is 11.6. The predicted molar refractivity (Wildman–Crippen MR) is 116 cm³/mol. The Balaban J connectivity index is 0.00000450. The summed E-state index contributed by atoms with van der Waals surface area (Å²) in [5, 5.41) is 0. The summed E-state index contributed by atoms with van der Waals surface area (Å²) in [5.74, 6) is 0.615. The molecule has 0 N–H and O–H groups in total. The first-order valence-electron chi connectivity index (χ1n) is 10.8. The molecule has 0 aliphatic carbocycles. The molecule has 4 nitrogen and oxygen atoms in total. The Labute approximate surface area is 204 Å². The van der Waals surface area contributed by atoms with Gasteiger partial charge in [0.2, 0.25) is 0 Å². The van der Waals surface area contributed by atoms with Gasteiger partial charge in [-0.15, -0.1) is 0 Å². The Hall–Kier alpha value is -0.850. The van der Waals surface area contributed by atoms with Crippen molar-refractivity contribution < 1.29 is 47.3 Å². The standard InChI is InChI=1S/C24H34O4S.Na/c1-2-3-4-5-6-7-8-9-10-12-15-21-18-19-24(29(25,26)27)23(20-21)28-22-16-13-11-14-17-22;/h11,13-14,16-20H,2-10,12,15H2,1H3,(H,25,26,27);/q;+1/p-1. The van der Waals surface area contributed by atoms with Gasteiger partial charge in [0, 0.05) is 0 Å². The second-order valence-corrected chi connectivity index (χ2v) is 8.93. The van der Waals surface area contributed by atoms with Gasteiger partial charge >= 0.3 is 29.6 Å². The van der Waals surface area contributed by atoms with Crippen LogP contribution >= 0.6 is 0 Å². The molecule has 0 heterocycles. The number of aryl methyl sites for hydroxylation is 1. The van der Waals surface area contributed by atoms with Gasteiger partial charge in [-0.3, -0.25) is 0 Å². The number of para-hydroxylation sites is 1. The first-order chi connectivity index (χ1) is 14.0. The minimum Gasteiger partial charge on any atom is -0.744 e. The summed E-state index contributed by atoms with van der Waals surface area (Å²) in [5.41, 5.74) is 0.989. The van der Waals surface area contributed by atoms with Crippen molar-refractivity contribution in [2.75, 3.05) is 0 Å². The number of unbranched alkanes of at least 4 members (excludes halogenated alkanes) is 9. The number of hydrogen-bond donors (Lipinski definition) is 0. The zero-order valence-corrected chi connectivity index (χ0v) is 21.3. The van der Waals surface area contributed by atoms with Crippen molar-refractivity contribution >= 4 is 10.1 Å².